The molecule has 0 radical (unpaired) electrons. The van der Waals surface area contributed by atoms with Crippen molar-refractivity contribution in [3.8, 4) is 5.75 Å². The first-order valence-electron chi connectivity index (χ1n) is 11.1. The summed E-state index contributed by atoms with van der Waals surface area (Å²) in [6.45, 7) is 6.61. The zero-order valence-electron chi connectivity index (χ0n) is 20.7. The first-order chi connectivity index (χ1) is 16.5. The Hall–Kier alpha value is -2.92. The predicted molar refractivity (Wildman–Crippen MR) is 138 cm³/mol. The Balaban J connectivity index is 1.63. The fourth-order valence-electron chi connectivity index (χ4n) is 3.19. The minimum atomic E-state index is -0.173. The van der Waals surface area contributed by atoms with Gasteiger partial charge in [0.05, 0.1) is 11.5 Å². The number of aromatic hydroxyl groups is 1. The van der Waals surface area contributed by atoms with Crippen LogP contribution in [0.25, 0.3) is 0 Å². The fraction of sp³-hybridized carbons (Fsp3) is 0.417. The van der Waals surface area contributed by atoms with Gasteiger partial charge in [0.2, 0.25) is 11.8 Å². The lowest BCUT2D eigenvalue weighted by Gasteiger charge is -2.23. The summed E-state index contributed by atoms with van der Waals surface area (Å²) in [5, 5.41) is 18.2. The third-order valence-corrected chi connectivity index (χ3v) is 7.42. The van der Waals surface area contributed by atoms with E-state index in [1.54, 1.807) is 12.4 Å². The zero-order valence-corrected chi connectivity index (χ0v) is 22.3. The number of rotatable bonds is 10. The van der Waals surface area contributed by atoms with Crippen LogP contribution in [0, 0.1) is 0 Å². The lowest BCUT2D eigenvalue weighted by molar-refractivity contribution is -0.119. The number of carbonyl (C=O) groups is 2. The summed E-state index contributed by atoms with van der Waals surface area (Å²) >= 11 is 2.70. The van der Waals surface area contributed by atoms with E-state index in [1.165, 1.54) is 23.5 Å². The second-order valence-electron chi connectivity index (χ2n) is 9.17. The summed E-state index contributed by atoms with van der Waals surface area (Å²) in [6, 6.07) is 3.81. The van der Waals surface area contributed by atoms with Crippen molar-refractivity contribution < 1.29 is 14.7 Å². The molecule has 0 saturated heterocycles. The van der Waals surface area contributed by atoms with E-state index in [0.29, 0.717) is 11.1 Å². The van der Waals surface area contributed by atoms with Crippen molar-refractivity contribution in [3.05, 3.63) is 53.6 Å². The Kier molecular flexibility index (Phi) is 8.90. The lowest BCUT2D eigenvalue weighted by Crippen LogP contribution is -2.27. The summed E-state index contributed by atoms with van der Waals surface area (Å²) < 4.78 is 3.71. The molecule has 1 aromatic carbocycles. The average molecular weight is 517 g/mol. The van der Waals surface area contributed by atoms with Gasteiger partial charge in [-0.25, -0.2) is 9.97 Å². The van der Waals surface area contributed by atoms with Gasteiger partial charge in [0.15, 0.2) is 10.3 Å². The fourth-order valence-corrected chi connectivity index (χ4v) is 4.72. The number of benzene rings is 1. The Bertz CT molecular complexity index is 1100. The molecule has 0 aliphatic rings. The average Bonchev–Trinajstić information content (AvgIpc) is 3.41. The lowest BCUT2D eigenvalue weighted by atomic mass is 9.84. The molecule has 3 aromatic rings. The Morgan fingerprint density at radius 1 is 0.886 bits per heavy atom. The molecule has 2 amide bonds. The standard InChI is InChI=1S/C24H32N6O3S2/c1-24(2,3)18-10-16(12-27-19(31)14-34-22-25-6-8-29(22)4)21(33)17(11-18)13-28-20(32)15-35-23-26-7-9-30(23)5/h6-11,33H,12-15H2,1-5H3,(H,27,31)(H,28,32). The van der Waals surface area contributed by atoms with Gasteiger partial charge in [0.25, 0.3) is 0 Å². The van der Waals surface area contributed by atoms with Crippen LogP contribution in [0.2, 0.25) is 0 Å². The maximum Gasteiger partial charge on any atom is 0.230 e. The third kappa shape index (κ3) is 7.53. The molecule has 35 heavy (non-hydrogen) atoms. The molecule has 3 N–H and O–H groups in total. The number of carbonyl (C=O) groups excluding carboxylic acids is 2. The van der Waals surface area contributed by atoms with Gasteiger partial charge in [-0.1, -0.05) is 44.3 Å². The van der Waals surface area contributed by atoms with Gasteiger partial charge in [-0.15, -0.1) is 0 Å². The highest BCUT2D eigenvalue weighted by Crippen LogP contribution is 2.31. The molecule has 0 unspecified atom stereocenters. The van der Waals surface area contributed by atoms with Crippen LogP contribution >= 0.6 is 23.5 Å². The monoisotopic (exact) mass is 516 g/mol. The van der Waals surface area contributed by atoms with E-state index in [-0.39, 0.29) is 47.6 Å². The van der Waals surface area contributed by atoms with E-state index in [0.717, 1.165) is 15.9 Å². The molecule has 0 fully saturated rings. The molecule has 9 nitrogen and oxygen atoms in total. The maximum atomic E-state index is 12.4. The summed E-state index contributed by atoms with van der Waals surface area (Å²) in [5.41, 5.74) is 2.06. The van der Waals surface area contributed by atoms with Crippen molar-refractivity contribution in [1.82, 2.24) is 29.7 Å². The molecule has 11 heteroatoms. The second-order valence-corrected chi connectivity index (χ2v) is 11.1. The van der Waals surface area contributed by atoms with Crippen molar-refractivity contribution >= 4 is 35.3 Å². The highest BCUT2D eigenvalue weighted by Gasteiger charge is 2.20. The zero-order chi connectivity index (χ0) is 25.6. The highest BCUT2D eigenvalue weighted by molar-refractivity contribution is 8.00. The minimum absolute atomic E-state index is 0.0760. The molecular formula is C24H32N6O3S2. The van der Waals surface area contributed by atoms with Gasteiger partial charge in [0.1, 0.15) is 5.75 Å². The predicted octanol–water partition coefficient (Wildman–Crippen LogP) is 2.97. The summed E-state index contributed by atoms with van der Waals surface area (Å²) in [6.07, 6.45) is 7.03. The van der Waals surface area contributed by atoms with Crippen molar-refractivity contribution in [3.63, 3.8) is 0 Å². The van der Waals surface area contributed by atoms with Gasteiger partial charge in [-0.2, -0.15) is 0 Å². The molecular weight excluding hydrogens is 484 g/mol. The van der Waals surface area contributed by atoms with E-state index >= 15 is 0 Å². The molecule has 3 rings (SSSR count). The number of thioether (sulfide) groups is 2. The van der Waals surface area contributed by atoms with Crippen LogP contribution in [-0.2, 0) is 42.2 Å². The Morgan fingerprint density at radius 3 is 1.66 bits per heavy atom. The molecule has 2 aromatic heterocycles. The van der Waals surface area contributed by atoms with Crippen LogP contribution in [-0.4, -0.2) is 47.5 Å². The minimum Gasteiger partial charge on any atom is -0.507 e. The van der Waals surface area contributed by atoms with E-state index < -0.39 is 0 Å². The third-order valence-electron chi connectivity index (χ3n) is 5.30. The van der Waals surface area contributed by atoms with Crippen LogP contribution in [0.4, 0.5) is 0 Å². The number of nitrogens with zero attached hydrogens (tertiary/aromatic N) is 4. The van der Waals surface area contributed by atoms with Crippen molar-refractivity contribution in [2.45, 2.75) is 49.6 Å². The number of aryl methyl sites for hydroxylation is 2. The van der Waals surface area contributed by atoms with E-state index in [2.05, 4.69) is 41.4 Å². The van der Waals surface area contributed by atoms with E-state index in [4.69, 9.17) is 0 Å². The van der Waals surface area contributed by atoms with Crippen molar-refractivity contribution in [2.24, 2.45) is 14.1 Å². The number of hydrogen-bond acceptors (Lipinski definition) is 7. The number of imidazole rings is 2. The summed E-state index contributed by atoms with van der Waals surface area (Å²) in [4.78, 5) is 33.2. The quantitative estimate of drug-likeness (QED) is 0.355. The number of nitrogens with one attached hydrogen (secondary N) is 2. The SMILES string of the molecule is Cn1ccnc1SCC(=O)NCc1cc(C(C)(C)C)cc(CNC(=O)CSc2nccn2C)c1O. The largest absolute Gasteiger partial charge is 0.507 e. The van der Waals surface area contributed by atoms with Crippen molar-refractivity contribution in [2.75, 3.05) is 11.5 Å². The Labute approximate surface area is 214 Å². The number of phenols is 1. The molecule has 188 valence electrons. The molecule has 0 aliphatic heterocycles. The van der Waals surface area contributed by atoms with Gasteiger partial charge in [-0.3, -0.25) is 9.59 Å². The van der Waals surface area contributed by atoms with Gasteiger partial charge >= 0.3 is 0 Å². The first kappa shape index (κ1) is 26.7. The Morgan fingerprint density at radius 2 is 1.31 bits per heavy atom. The first-order valence-corrected chi connectivity index (χ1v) is 13.1. The molecule has 2 heterocycles. The van der Waals surface area contributed by atoms with Crippen LogP contribution in [0.5, 0.6) is 5.75 Å². The van der Waals surface area contributed by atoms with Crippen LogP contribution in [0.3, 0.4) is 0 Å². The normalized spacial score (nSPS) is 11.5. The molecule has 0 saturated carbocycles. The van der Waals surface area contributed by atoms with Crippen LogP contribution in [0.1, 0.15) is 37.5 Å². The van der Waals surface area contributed by atoms with Crippen LogP contribution in [0.15, 0.2) is 47.2 Å². The second kappa shape index (κ2) is 11.7. The van der Waals surface area contributed by atoms with Crippen molar-refractivity contribution in [1.29, 1.82) is 0 Å². The van der Waals surface area contributed by atoms with E-state index in [9.17, 15) is 14.7 Å². The summed E-state index contributed by atoms with van der Waals surface area (Å²) in [5.74, 6) is 0.217. The molecule has 0 aliphatic carbocycles. The molecule has 0 spiro atoms. The molecule has 0 atom stereocenters. The topological polar surface area (TPSA) is 114 Å². The van der Waals surface area contributed by atoms with Crippen LogP contribution < -0.4 is 10.6 Å². The maximum absolute atomic E-state index is 12.4. The number of amides is 2. The van der Waals surface area contributed by atoms with Gasteiger partial charge < -0.3 is 24.9 Å². The number of phenolic OH excluding ortho intramolecular Hbond substituents is 1. The van der Waals surface area contributed by atoms with Gasteiger partial charge in [0, 0.05) is 63.1 Å². The smallest absolute Gasteiger partial charge is 0.230 e. The molecule has 0 bridgehead atoms. The number of hydrogen-bond donors (Lipinski definition) is 3. The number of aromatic nitrogens is 4. The summed E-state index contributed by atoms with van der Waals surface area (Å²) in [7, 11) is 3.75. The van der Waals surface area contributed by atoms with E-state index in [1.807, 2.05) is 47.8 Å². The highest BCUT2D eigenvalue weighted by atomic mass is 32.2. The van der Waals surface area contributed by atoms with Gasteiger partial charge in [-0.05, 0) is 23.1 Å².